The Balaban J connectivity index is 1.79. The molecule has 0 bridgehead atoms. The molecule has 2 nitrogen and oxygen atoms in total. The summed E-state index contributed by atoms with van der Waals surface area (Å²) in [6, 6.07) is 6.18. The number of rotatable bonds is 4. The van der Waals surface area contributed by atoms with Crippen LogP contribution in [0.3, 0.4) is 0 Å². The fourth-order valence-electron chi connectivity index (χ4n) is 2.53. The van der Waals surface area contributed by atoms with E-state index in [1.165, 1.54) is 6.07 Å². The highest BCUT2D eigenvalue weighted by molar-refractivity contribution is 6.30. The molecule has 0 radical (unpaired) electrons. The molecule has 1 aliphatic rings. The summed E-state index contributed by atoms with van der Waals surface area (Å²) in [5.41, 5.74) is 0.952. The average Bonchev–Trinajstić information content (AvgIpc) is 2.40. The lowest BCUT2D eigenvalue weighted by Gasteiger charge is -2.35. The minimum absolute atomic E-state index is 0.189. The smallest absolute Gasteiger partial charge is 0.142 e. The third-order valence-electron chi connectivity index (χ3n) is 3.84. The largest absolute Gasteiger partial charge is 0.310 e. The molecule has 19 heavy (non-hydrogen) atoms. The molecule has 0 unspecified atom stereocenters. The van der Waals surface area contributed by atoms with Crippen molar-refractivity contribution >= 4 is 11.6 Å². The molecule has 0 aromatic heterocycles. The Morgan fingerprint density at radius 3 is 2.63 bits per heavy atom. The second-order valence-corrected chi connectivity index (χ2v) is 5.94. The van der Waals surface area contributed by atoms with E-state index in [-0.39, 0.29) is 10.8 Å². The summed E-state index contributed by atoms with van der Waals surface area (Å²) in [7, 11) is 0. The van der Waals surface area contributed by atoms with Gasteiger partial charge in [-0.2, -0.15) is 0 Å². The van der Waals surface area contributed by atoms with E-state index in [0.29, 0.717) is 18.6 Å². The number of likely N-dealkylation sites (tertiary alicyclic amines) is 1. The van der Waals surface area contributed by atoms with Crippen LogP contribution in [-0.4, -0.2) is 30.1 Å². The molecule has 1 saturated heterocycles. The number of nitrogens with one attached hydrogen (secondary N) is 1. The van der Waals surface area contributed by atoms with E-state index in [2.05, 4.69) is 24.1 Å². The Morgan fingerprint density at radius 2 is 2.05 bits per heavy atom. The Hall–Kier alpha value is -0.640. The highest BCUT2D eigenvalue weighted by Crippen LogP contribution is 2.17. The fourth-order valence-corrected chi connectivity index (χ4v) is 2.65. The van der Waals surface area contributed by atoms with Crippen LogP contribution in [0.1, 0.15) is 32.3 Å². The molecule has 0 aliphatic carbocycles. The van der Waals surface area contributed by atoms with Crippen molar-refractivity contribution in [3.05, 3.63) is 34.6 Å². The van der Waals surface area contributed by atoms with Gasteiger partial charge in [-0.1, -0.05) is 17.7 Å². The minimum Gasteiger partial charge on any atom is -0.310 e. The van der Waals surface area contributed by atoms with Crippen LogP contribution in [0.4, 0.5) is 4.39 Å². The lowest BCUT2D eigenvalue weighted by atomic mass is 10.0. The summed E-state index contributed by atoms with van der Waals surface area (Å²) in [5, 5.41) is 3.70. The molecule has 0 amide bonds. The Morgan fingerprint density at radius 1 is 1.37 bits per heavy atom. The van der Waals surface area contributed by atoms with E-state index in [9.17, 15) is 4.39 Å². The summed E-state index contributed by atoms with van der Waals surface area (Å²) in [6.45, 7) is 7.48. The van der Waals surface area contributed by atoms with Gasteiger partial charge in [0, 0.05) is 18.6 Å². The van der Waals surface area contributed by atoms with E-state index in [1.54, 1.807) is 6.07 Å². The fraction of sp³-hybridized carbons (Fsp3) is 0.600. The molecule has 1 aromatic rings. The first-order chi connectivity index (χ1) is 9.06. The molecule has 1 aromatic carbocycles. The second kappa shape index (κ2) is 6.69. The van der Waals surface area contributed by atoms with Crippen molar-refractivity contribution in [3.63, 3.8) is 0 Å². The van der Waals surface area contributed by atoms with Crippen molar-refractivity contribution in [2.75, 3.05) is 13.1 Å². The maximum absolute atomic E-state index is 13.3. The highest BCUT2D eigenvalue weighted by Gasteiger charge is 2.20. The molecular formula is C15H22ClFN2. The summed E-state index contributed by atoms with van der Waals surface area (Å²) in [4.78, 5) is 2.50. The molecule has 1 heterocycles. The number of nitrogens with zero attached hydrogens (tertiary/aromatic N) is 1. The molecule has 1 aliphatic heterocycles. The van der Waals surface area contributed by atoms with Gasteiger partial charge < -0.3 is 10.2 Å². The van der Waals surface area contributed by atoms with Crippen LogP contribution in [0, 0.1) is 5.82 Å². The van der Waals surface area contributed by atoms with E-state index in [4.69, 9.17) is 11.6 Å². The SMILES string of the molecule is CC(C)N1CCC(NCc2ccc(Cl)c(F)c2)CC1. The first-order valence-electron chi connectivity index (χ1n) is 6.97. The first-order valence-corrected chi connectivity index (χ1v) is 7.35. The number of halogens is 2. The van der Waals surface area contributed by atoms with Crippen molar-refractivity contribution in [2.45, 2.75) is 45.3 Å². The van der Waals surface area contributed by atoms with Crippen molar-refractivity contribution < 1.29 is 4.39 Å². The number of benzene rings is 1. The Bertz CT molecular complexity index is 415. The third kappa shape index (κ3) is 4.16. The van der Waals surface area contributed by atoms with Gasteiger partial charge in [0.25, 0.3) is 0 Å². The zero-order chi connectivity index (χ0) is 13.8. The van der Waals surface area contributed by atoms with Crippen molar-refractivity contribution in [1.82, 2.24) is 10.2 Å². The molecule has 2 rings (SSSR count). The molecule has 0 spiro atoms. The summed E-state index contributed by atoms with van der Waals surface area (Å²) in [6.07, 6.45) is 2.32. The lowest BCUT2D eigenvalue weighted by molar-refractivity contribution is 0.161. The van der Waals surface area contributed by atoms with Crippen molar-refractivity contribution in [2.24, 2.45) is 0 Å². The Labute approximate surface area is 119 Å². The quantitative estimate of drug-likeness (QED) is 0.911. The third-order valence-corrected chi connectivity index (χ3v) is 4.15. The van der Waals surface area contributed by atoms with Crippen molar-refractivity contribution in [1.29, 1.82) is 0 Å². The molecule has 106 valence electrons. The van der Waals surface area contributed by atoms with Crippen LogP contribution >= 0.6 is 11.6 Å². The lowest BCUT2D eigenvalue weighted by Crippen LogP contribution is -2.44. The van der Waals surface area contributed by atoms with Gasteiger partial charge in [0.05, 0.1) is 5.02 Å². The van der Waals surface area contributed by atoms with E-state index in [1.807, 2.05) is 6.07 Å². The zero-order valence-corrected chi connectivity index (χ0v) is 12.4. The number of hydrogen-bond donors (Lipinski definition) is 1. The number of piperidine rings is 1. The van der Waals surface area contributed by atoms with Crippen LogP contribution in [0.2, 0.25) is 5.02 Å². The van der Waals surface area contributed by atoms with Gasteiger partial charge in [0.1, 0.15) is 5.82 Å². The van der Waals surface area contributed by atoms with Gasteiger partial charge in [-0.3, -0.25) is 0 Å². The van der Waals surface area contributed by atoms with E-state index >= 15 is 0 Å². The van der Waals surface area contributed by atoms with Gasteiger partial charge in [0.15, 0.2) is 0 Å². The Kier molecular flexibility index (Phi) is 5.20. The van der Waals surface area contributed by atoms with Crippen molar-refractivity contribution in [3.8, 4) is 0 Å². The number of hydrogen-bond acceptors (Lipinski definition) is 2. The summed E-state index contributed by atoms with van der Waals surface area (Å²) >= 11 is 5.67. The zero-order valence-electron chi connectivity index (χ0n) is 11.6. The highest BCUT2D eigenvalue weighted by atomic mass is 35.5. The van der Waals surface area contributed by atoms with Gasteiger partial charge >= 0.3 is 0 Å². The van der Waals surface area contributed by atoms with Crippen LogP contribution < -0.4 is 5.32 Å². The van der Waals surface area contributed by atoms with Gasteiger partial charge in [-0.25, -0.2) is 4.39 Å². The van der Waals surface area contributed by atoms with E-state index in [0.717, 1.165) is 31.5 Å². The standard InChI is InChI=1S/C15H22ClFN2/c1-11(2)19-7-5-13(6-8-19)18-10-12-3-4-14(16)15(17)9-12/h3-4,9,11,13,18H,5-8,10H2,1-2H3. The molecular weight excluding hydrogens is 263 g/mol. The minimum atomic E-state index is -0.337. The summed E-state index contributed by atoms with van der Waals surface area (Å²) < 4.78 is 13.3. The maximum Gasteiger partial charge on any atom is 0.142 e. The molecule has 0 saturated carbocycles. The second-order valence-electron chi connectivity index (χ2n) is 5.53. The monoisotopic (exact) mass is 284 g/mol. The maximum atomic E-state index is 13.3. The van der Waals surface area contributed by atoms with Crippen LogP contribution in [-0.2, 0) is 6.54 Å². The van der Waals surface area contributed by atoms with Gasteiger partial charge in [-0.15, -0.1) is 0 Å². The average molecular weight is 285 g/mol. The topological polar surface area (TPSA) is 15.3 Å². The molecule has 4 heteroatoms. The molecule has 1 fully saturated rings. The molecule has 1 N–H and O–H groups in total. The van der Waals surface area contributed by atoms with Crippen LogP contribution in [0.5, 0.6) is 0 Å². The van der Waals surface area contributed by atoms with Crippen LogP contribution in [0.15, 0.2) is 18.2 Å². The predicted octanol–water partition coefficient (Wildman–Crippen LogP) is 3.44. The molecule has 0 atom stereocenters. The normalized spacial score (nSPS) is 18.2. The first kappa shape index (κ1) is 14.8. The van der Waals surface area contributed by atoms with E-state index < -0.39 is 0 Å². The van der Waals surface area contributed by atoms with Crippen LogP contribution in [0.25, 0.3) is 0 Å². The van der Waals surface area contributed by atoms with Gasteiger partial charge in [0.2, 0.25) is 0 Å². The van der Waals surface area contributed by atoms with Gasteiger partial charge in [-0.05, 0) is 57.5 Å². The summed E-state index contributed by atoms with van der Waals surface area (Å²) in [5.74, 6) is -0.337. The predicted molar refractivity (Wildman–Crippen MR) is 78.0 cm³/mol.